The molecule has 6 heteroatoms. The van der Waals surface area contributed by atoms with Gasteiger partial charge in [-0.2, -0.15) is 0 Å². The van der Waals surface area contributed by atoms with Gasteiger partial charge in [0.1, 0.15) is 0 Å². The number of ether oxygens (including phenoxy) is 1. The van der Waals surface area contributed by atoms with Crippen LogP contribution in [0.25, 0.3) is 0 Å². The number of halogens is 1. The predicted molar refractivity (Wildman–Crippen MR) is 108 cm³/mol. The first-order valence-corrected chi connectivity index (χ1v) is 10.4. The maximum Gasteiger partial charge on any atom is 0.306 e. The van der Waals surface area contributed by atoms with Crippen LogP contribution in [-0.2, 0) is 14.3 Å². The second-order valence-electron chi connectivity index (χ2n) is 6.47. The molecule has 1 aliphatic rings. The molecule has 0 aromatic heterocycles. The number of thioether (sulfide) groups is 1. The number of hydrogen-bond acceptors (Lipinski definition) is 4. The Bertz CT molecular complexity index is 763. The molecule has 1 saturated carbocycles. The van der Waals surface area contributed by atoms with Crippen molar-refractivity contribution in [1.82, 2.24) is 5.32 Å². The zero-order valence-corrected chi connectivity index (χ0v) is 16.5. The van der Waals surface area contributed by atoms with Crippen LogP contribution in [-0.4, -0.2) is 23.7 Å². The molecule has 0 spiro atoms. The van der Waals surface area contributed by atoms with Crippen molar-refractivity contribution in [3.05, 3.63) is 65.2 Å². The smallest absolute Gasteiger partial charge is 0.306 e. The van der Waals surface area contributed by atoms with E-state index in [2.05, 4.69) is 5.32 Å². The molecule has 2 aromatic rings. The van der Waals surface area contributed by atoms with Gasteiger partial charge in [-0.05, 0) is 49.3 Å². The van der Waals surface area contributed by atoms with Gasteiger partial charge in [0, 0.05) is 27.9 Å². The monoisotopic (exact) mass is 403 g/mol. The number of rotatable bonds is 9. The summed E-state index contributed by atoms with van der Waals surface area (Å²) in [6, 6.07) is 17.0. The fourth-order valence-corrected chi connectivity index (χ4v) is 3.51. The Morgan fingerprint density at radius 2 is 1.81 bits per heavy atom. The summed E-state index contributed by atoms with van der Waals surface area (Å²) < 4.78 is 5.52. The third-order valence-electron chi connectivity index (χ3n) is 4.12. The molecular formula is C21H22ClNO3S. The first kappa shape index (κ1) is 19.8. The Morgan fingerprint density at radius 3 is 2.48 bits per heavy atom. The minimum absolute atomic E-state index is 0.221. The molecule has 1 fully saturated rings. The molecule has 2 aromatic carbocycles. The first-order chi connectivity index (χ1) is 13.1. The van der Waals surface area contributed by atoms with E-state index < -0.39 is 6.10 Å². The molecule has 4 nitrogen and oxygen atoms in total. The SMILES string of the molecule is O=C(CCCSc1ccc(Cl)cc1)O[C@H](C(=O)NC1CC1)c1ccccc1. The first-order valence-electron chi connectivity index (χ1n) is 9.05. The van der Waals surface area contributed by atoms with Crippen molar-refractivity contribution in [2.45, 2.75) is 42.7 Å². The van der Waals surface area contributed by atoms with Crippen LogP contribution >= 0.6 is 23.4 Å². The zero-order chi connectivity index (χ0) is 19.1. The molecule has 1 amide bonds. The molecule has 0 radical (unpaired) electrons. The van der Waals surface area contributed by atoms with Crippen LogP contribution in [0, 0.1) is 0 Å². The highest BCUT2D eigenvalue weighted by molar-refractivity contribution is 7.99. The van der Waals surface area contributed by atoms with Crippen molar-refractivity contribution in [2.24, 2.45) is 0 Å². The number of carbonyl (C=O) groups is 2. The van der Waals surface area contributed by atoms with Crippen LogP contribution in [0.3, 0.4) is 0 Å². The van der Waals surface area contributed by atoms with E-state index in [1.807, 2.05) is 42.5 Å². The van der Waals surface area contributed by atoms with E-state index in [1.54, 1.807) is 23.9 Å². The van der Waals surface area contributed by atoms with Gasteiger partial charge < -0.3 is 10.1 Å². The number of benzene rings is 2. The molecular weight excluding hydrogens is 382 g/mol. The van der Waals surface area contributed by atoms with Gasteiger partial charge in [0.25, 0.3) is 5.91 Å². The van der Waals surface area contributed by atoms with Crippen molar-refractivity contribution in [3.63, 3.8) is 0 Å². The van der Waals surface area contributed by atoms with E-state index in [4.69, 9.17) is 16.3 Å². The molecule has 1 N–H and O–H groups in total. The lowest BCUT2D eigenvalue weighted by Crippen LogP contribution is -2.33. The average Bonchev–Trinajstić information content (AvgIpc) is 3.49. The Kier molecular flexibility index (Phi) is 7.18. The molecule has 1 atom stereocenters. The lowest BCUT2D eigenvalue weighted by Gasteiger charge is -2.18. The molecule has 1 aliphatic carbocycles. The average molecular weight is 404 g/mol. The molecule has 142 valence electrons. The summed E-state index contributed by atoms with van der Waals surface area (Å²) in [6.45, 7) is 0. The molecule has 3 rings (SSSR count). The van der Waals surface area contributed by atoms with Gasteiger partial charge in [-0.3, -0.25) is 9.59 Å². The summed E-state index contributed by atoms with van der Waals surface area (Å²) in [5, 5.41) is 3.63. The Labute approximate surface area is 168 Å². The number of amides is 1. The molecule has 0 aliphatic heterocycles. The van der Waals surface area contributed by atoms with E-state index >= 15 is 0 Å². The Hall–Kier alpha value is -1.98. The second kappa shape index (κ2) is 9.81. The standard InChI is InChI=1S/C21H22ClNO3S/c22-16-8-12-18(13-9-16)27-14-4-7-19(24)26-20(15-5-2-1-3-6-15)21(25)23-17-10-11-17/h1-3,5-6,8-9,12-13,17,20H,4,7,10-11,14H2,(H,23,25)/t20-/m0/s1. The van der Waals surface area contributed by atoms with Gasteiger partial charge in [0.2, 0.25) is 6.10 Å². The van der Waals surface area contributed by atoms with Crippen molar-refractivity contribution < 1.29 is 14.3 Å². The van der Waals surface area contributed by atoms with E-state index in [9.17, 15) is 9.59 Å². The molecule has 0 bridgehead atoms. The van der Waals surface area contributed by atoms with Gasteiger partial charge >= 0.3 is 5.97 Å². The summed E-state index contributed by atoms with van der Waals surface area (Å²) in [5.74, 6) is 0.195. The van der Waals surface area contributed by atoms with E-state index in [0.717, 1.165) is 23.5 Å². The number of esters is 1. The number of hydrogen-bond donors (Lipinski definition) is 1. The normalized spacial score (nSPS) is 14.4. The van der Waals surface area contributed by atoms with Crippen LogP contribution in [0.4, 0.5) is 0 Å². The summed E-state index contributed by atoms with van der Waals surface area (Å²) >= 11 is 7.53. The zero-order valence-electron chi connectivity index (χ0n) is 14.9. The van der Waals surface area contributed by atoms with Crippen LogP contribution in [0.5, 0.6) is 0 Å². The van der Waals surface area contributed by atoms with Gasteiger partial charge in [-0.15, -0.1) is 11.8 Å². The highest BCUT2D eigenvalue weighted by atomic mass is 35.5. The lowest BCUT2D eigenvalue weighted by atomic mass is 10.1. The van der Waals surface area contributed by atoms with E-state index in [-0.39, 0.29) is 24.3 Å². The predicted octanol–water partition coefficient (Wildman–Crippen LogP) is 4.78. The number of nitrogens with one attached hydrogen (secondary N) is 1. The van der Waals surface area contributed by atoms with Crippen LogP contribution in [0.15, 0.2) is 59.5 Å². The van der Waals surface area contributed by atoms with Crippen molar-refractivity contribution in [1.29, 1.82) is 0 Å². The highest BCUT2D eigenvalue weighted by Gasteiger charge is 2.30. The molecule has 0 saturated heterocycles. The fourth-order valence-electron chi connectivity index (χ4n) is 2.53. The third kappa shape index (κ3) is 6.60. The van der Waals surface area contributed by atoms with Crippen molar-refractivity contribution in [2.75, 3.05) is 5.75 Å². The van der Waals surface area contributed by atoms with Crippen LogP contribution < -0.4 is 5.32 Å². The molecule has 0 heterocycles. The minimum atomic E-state index is -0.886. The topological polar surface area (TPSA) is 55.4 Å². The minimum Gasteiger partial charge on any atom is -0.447 e. The van der Waals surface area contributed by atoms with Crippen LogP contribution in [0.1, 0.15) is 37.4 Å². The number of carbonyl (C=O) groups excluding carboxylic acids is 2. The Morgan fingerprint density at radius 1 is 1.11 bits per heavy atom. The summed E-state index contributed by atoms with van der Waals surface area (Å²) in [6.07, 6.45) is 2.05. The fraction of sp³-hybridized carbons (Fsp3) is 0.333. The summed E-state index contributed by atoms with van der Waals surface area (Å²) in [4.78, 5) is 25.8. The van der Waals surface area contributed by atoms with Gasteiger partial charge in [-0.1, -0.05) is 41.9 Å². The van der Waals surface area contributed by atoms with Crippen LogP contribution in [0.2, 0.25) is 5.02 Å². The van der Waals surface area contributed by atoms with Crippen molar-refractivity contribution >= 4 is 35.2 Å². The molecule has 27 heavy (non-hydrogen) atoms. The van der Waals surface area contributed by atoms with E-state index in [1.165, 1.54) is 0 Å². The second-order valence-corrected chi connectivity index (χ2v) is 8.07. The quantitative estimate of drug-likeness (QED) is 0.372. The maximum atomic E-state index is 12.5. The Balaban J connectivity index is 1.48. The highest BCUT2D eigenvalue weighted by Crippen LogP contribution is 2.24. The maximum absolute atomic E-state index is 12.5. The van der Waals surface area contributed by atoms with Gasteiger partial charge in [0.15, 0.2) is 0 Å². The third-order valence-corrected chi connectivity index (χ3v) is 5.47. The van der Waals surface area contributed by atoms with E-state index in [0.29, 0.717) is 17.0 Å². The lowest BCUT2D eigenvalue weighted by molar-refractivity contribution is -0.156. The largest absolute Gasteiger partial charge is 0.447 e. The molecule has 0 unspecified atom stereocenters. The van der Waals surface area contributed by atoms with Crippen molar-refractivity contribution in [3.8, 4) is 0 Å². The van der Waals surface area contributed by atoms with Gasteiger partial charge in [0.05, 0.1) is 0 Å². The van der Waals surface area contributed by atoms with Gasteiger partial charge in [-0.25, -0.2) is 0 Å². The summed E-state index contributed by atoms with van der Waals surface area (Å²) in [5.41, 5.74) is 0.694. The summed E-state index contributed by atoms with van der Waals surface area (Å²) in [7, 11) is 0.